The van der Waals surface area contributed by atoms with E-state index in [1.807, 2.05) is 0 Å². The molecule has 1 aromatic carbocycles. The average molecular weight is 378 g/mol. The van der Waals surface area contributed by atoms with Crippen LogP contribution in [0, 0.1) is 0 Å². The van der Waals surface area contributed by atoms with Gasteiger partial charge in [0.25, 0.3) is 9.05 Å². The zero-order valence-electron chi connectivity index (χ0n) is 9.83. The third-order valence-electron chi connectivity index (χ3n) is 2.92. The normalized spacial score (nSPS) is 15.8. The first-order chi connectivity index (χ1) is 9.21. The molecule has 0 saturated heterocycles. The van der Waals surface area contributed by atoms with Gasteiger partial charge in [0, 0.05) is 10.7 Å². The van der Waals surface area contributed by atoms with Crippen LogP contribution in [0.15, 0.2) is 11.0 Å². The van der Waals surface area contributed by atoms with E-state index < -0.39 is 24.9 Å². The molecular weight excluding hydrogens is 370 g/mol. The van der Waals surface area contributed by atoms with E-state index in [4.69, 9.17) is 50.2 Å². The summed E-state index contributed by atoms with van der Waals surface area (Å²) >= 11 is 17.6. The molecule has 0 N–H and O–H groups in total. The topological polar surface area (TPSA) is 60.4 Å². The van der Waals surface area contributed by atoms with Gasteiger partial charge in [0.1, 0.15) is 11.0 Å². The largest absolute Gasteiger partial charge is 0.459 e. The van der Waals surface area contributed by atoms with Crippen molar-refractivity contribution in [2.45, 2.75) is 30.3 Å². The van der Waals surface area contributed by atoms with Crippen LogP contribution < -0.4 is 0 Å². The van der Waals surface area contributed by atoms with Gasteiger partial charge in [0.2, 0.25) is 0 Å². The molecule has 0 bridgehead atoms. The van der Waals surface area contributed by atoms with Gasteiger partial charge in [0.05, 0.1) is 20.6 Å². The summed E-state index contributed by atoms with van der Waals surface area (Å²) in [4.78, 5) is 11.6. The quantitative estimate of drug-likeness (QED) is 0.448. The maximum absolute atomic E-state index is 12.0. The lowest BCUT2D eigenvalue weighted by Gasteiger charge is -2.25. The van der Waals surface area contributed by atoms with E-state index in [-0.39, 0.29) is 21.7 Å². The third-order valence-corrected chi connectivity index (χ3v) is 5.55. The van der Waals surface area contributed by atoms with Crippen LogP contribution in [0.1, 0.15) is 29.6 Å². The Hall–Kier alpha value is -0.200. The highest BCUT2D eigenvalue weighted by Gasteiger charge is 2.30. The first-order valence-electron chi connectivity index (χ1n) is 5.55. The molecule has 0 heterocycles. The molecule has 1 aliphatic carbocycles. The van der Waals surface area contributed by atoms with Crippen LogP contribution in [-0.2, 0) is 13.8 Å². The molecule has 0 unspecified atom stereocenters. The van der Waals surface area contributed by atoms with Crippen LogP contribution in [0.5, 0.6) is 0 Å². The first-order valence-corrected chi connectivity index (χ1v) is 8.99. The van der Waals surface area contributed by atoms with E-state index in [1.165, 1.54) is 0 Å². The summed E-state index contributed by atoms with van der Waals surface area (Å²) in [6.07, 6.45) is 2.27. The zero-order valence-corrected chi connectivity index (χ0v) is 13.7. The van der Waals surface area contributed by atoms with E-state index in [0.29, 0.717) is 0 Å². The Bertz CT molecular complexity index is 667. The van der Waals surface area contributed by atoms with Crippen molar-refractivity contribution in [1.82, 2.24) is 0 Å². The molecule has 1 saturated carbocycles. The number of hydrogen-bond acceptors (Lipinski definition) is 4. The maximum atomic E-state index is 12.0. The Morgan fingerprint density at radius 2 is 1.80 bits per heavy atom. The summed E-state index contributed by atoms with van der Waals surface area (Å²) in [5, 5.41) is -0.695. The Labute approximate surface area is 135 Å². The van der Waals surface area contributed by atoms with E-state index in [9.17, 15) is 13.2 Å². The monoisotopic (exact) mass is 376 g/mol. The van der Waals surface area contributed by atoms with E-state index in [2.05, 4.69) is 0 Å². The Morgan fingerprint density at radius 1 is 1.20 bits per heavy atom. The van der Waals surface area contributed by atoms with Gasteiger partial charge in [-0.25, -0.2) is 13.2 Å². The fourth-order valence-electron chi connectivity index (χ4n) is 1.64. The predicted octanol–water partition coefficient (Wildman–Crippen LogP) is 4.28. The van der Waals surface area contributed by atoms with Crippen LogP contribution in [0.25, 0.3) is 0 Å². The molecule has 0 aromatic heterocycles. The van der Waals surface area contributed by atoms with E-state index >= 15 is 0 Å². The van der Waals surface area contributed by atoms with E-state index in [0.717, 1.165) is 25.3 Å². The lowest BCUT2D eigenvalue weighted by atomic mass is 9.96. The van der Waals surface area contributed by atoms with Crippen molar-refractivity contribution in [2.75, 3.05) is 0 Å². The minimum Gasteiger partial charge on any atom is -0.459 e. The zero-order chi connectivity index (χ0) is 15.1. The highest BCUT2D eigenvalue weighted by Crippen LogP contribution is 2.39. The first kappa shape index (κ1) is 16.2. The molecule has 110 valence electrons. The van der Waals surface area contributed by atoms with Crippen molar-refractivity contribution in [2.24, 2.45) is 0 Å². The van der Waals surface area contributed by atoms with Crippen molar-refractivity contribution in [1.29, 1.82) is 0 Å². The number of esters is 1. The lowest BCUT2D eigenvalue weighted by molar-refractivity contribution is 0.00902. The van der Waals surface area contributed by atoms with Gasteiger partial charge in [-0.05, 0) is 25.3 Å². The molecule has 1 aromatic rings. The number of halogens is 4. The molecule has 0 aliphatic heterocycles. The SMILES string of the molecule is O=C(OC1CCC1)c1c(Cl)c(Cl)cc(S(=O)(=O)Cl)c1Cl. The predicted molar refractivity (Wildman–Crippen MR) is 77.6 cm³/mol. The smallest absolute Gasteiger partial charge is 0.341 e. The molecule has 1 aliphatic rings. The van der Waals surface area contributed by atoms with Crippen LogP contribution in [0.4, 0.5) is 0 Å². The van der Waals surface area contributed by atoms with Crippen LogP contribution >= 0.6 is 45.5 Å². The molecule has 0 atom stereocenters. The minimum atomic E-state index is -4.16. The van der Waals surface area contributed by atoms with Gasteiger partial charge in [-0.15, -0.1) is 0 Å². The molecule has 0 amide bonds. The second kappa shape index (κ2) is 5.89. The average Bonchev–Trinajstić information content (AvgIpc) is 2.27. The van der Waals surface area contributed by atoms with Gasteiger partial charge in [-0.1, -0.05) is 34.8 Å². The summed E-state index contributed by atoms with van der Waals surface area (Å²) in [5.41, 5.74) is -0.285. The van der Waals surface area contributed by atoms with Crippen molar-refractivity contribution >= 4 is 60.5 Å². The number of benzene rings is 1. The van der Waals surface area contributed by atoms with Gasteiger partial charge in [-0.3, -0.25) is 0 Å². The highest BCUT2D eigenvalue weighted by atomic mass is 35.7. The second-order valence-corrected chi connectivity index (χ2v) is 7.95. The summed E-state index contributed by atoms with van der Waals surface area (Å²) in [6.45, 7) is 0. The maximum Gasteiger partial charge on any atom is 0.341 e. The fourth-order valence-corrected chi connectivity index (χ4v) is 3.77. The molecule has 1 fully saturated rings. The minimum absolute atomic E-state index is 0.143. The van der Waals surface area contributed by atoms with Gasteiger partial charge in [-0.2, -0.15) is 0 Å². The number of rotatable bonds is 3. The Kier molecular flexibility index (Phi) is 4.76. The van der Waals surface area contributed by atoms with E-state index in [1.54, 1.807) is 0 Å². The number of hydrogen-bond donors (Lipinski definition) is 0. The van der Waals surface area contributed by atoms with Crippen molar-refractivity contribution < 1.29 is 17.9 Å². The molecule has 0 radical (unpaired) electrons. The third kappa shape index (κ3) is 3.17. The molecular formula is C11H8Cl4O4S. The van der Waals surface area contributed by atoms with Crippen LogP contribution in [-0.4, -0.2) is 20.5 Å². The standard InChI is InChI=1S/C11H8Cl4O4S/c12-6-4-7(20(15,17)18)10(14)8(9(6)13)11(16)19-5-2-1-3-5/h4-5H,1-3H2. The van der Waals surface area contributed by atoms with Crippen molar-refractivity contribution in [3.05, 3.63) is 26.7 Å². The van der Waals surface area contributed by atoms with Gasteiger partial charge >= 0.3 is 5.97 Å². The second-order valence-electron chi connectivity index (χ2n) is 4.26. The van der Waals surface area contributed by atoms with Crippen LogP contribution in [0.3, 0.4) is 0 Å². The number of carbonyl (C=O) groups excluding carboxylic acids is 1. The van der Waals surface area contributed by atoms with Gasteiger partial charge in [0.15, 0.2) is 0 Å². The molecule has 9 heteroatoms. The summed E-state index contributed by atoms with van der Waals surface area (Å²) in [6, 6.07) is 0.995. The summed E-state index contributed by atoms with van der Waals surface area (Å²) in [7, 11) is 1.08. The summed E-state index contributed by atoms with van der Waals surface area (Å²) in [5.74, 6) is -0.811. The number of ether oxygens (including phenoxy) is 1. The summed E-state index contributed by atoms with van der Waals surface area (Å²) < 4.78 is 28.0. The Morgan fingerprint density at radius 3 is 2.25 bits per heavy atom. The Balaban J connectivity index is 2.50. The van der Waals surface area contributed by atoms with Crippen LogP contribution in [0.2, 0.25) is 15.1 Å². The highest BCUT2D eigenvalue weighted by molar-refractivity contribution is 8.13. The van der Waals surface area contributed by atoms with Gasteiger partial charge < -0.3 is 4.74 Å². The lowest BCUT2D eigenvalue weighted by Crippen LogP contribution is -2.25. The van der Waals surface area contributed by atoms with Crippen molar-refractivity contribution in [3.8, 4) is 0 Å². The molecule has 2 rings (SSSR count). The molecule has 0 spiro atoms. The molecule has 20 heavy (non-hydrogen) atoms. The number of carbonyl (C=O) groups is 1. The molecule has 4 nitrogen and oxygen atoms in total. The fraction of sp³-hybridized carbons (Fsp3) is 0.364. The van der Waals surface area contributed by atoms with Crippen molar-refractivity contribution in [3.63, 3.8) is 0 Å².